The van der Waals surface area contributed by atoms with Crippen molar-refractivity contribution >= 4 is 17.5 Å². The Balaban J connectivity index is 1.62. The van der Waals surface area contributed by atoms with Gasteiger partial charge in [0.25, 0.3) is 0 Å². The van der Waals surface area contributed by atoms with Crippen molar-refractivity contribution in [1.82, 2.24) is 5.32 Å². The molecular weight excluding hydrogens is 326 g/mol. The lowest BCUT2D eigenvalue weighted by Gasteiger charge is -2.15. The zero-order valence-corrected chi connectivity index (χ0v) is 14.3. The van der Waals surface area contributed by atoms with Gasteiger partial charge in [0.1, 0.15) is 5.75 Å². The van der Waals surface area contributed by atoms with Gasteiger partial charge in [-0.05, 0) is 35.7 Å². The molecule has 2 aromatic rings. The van der Waals surface area contributed by atoms with Crippen LogP contribution in [0.15, 0.2) is 36.4 Å². The van der Waals surface area contributed by atoms with Crippen molar-refractivity contribution in [3.8, 4) is 5.75 Å². The summed E-state index contributed by atoms with van der Waals surface area (Å²) >= 11 is 6.11. The minimum atomic E-state index is -0.725. The monoisotopic (exact) mass is 345 g/mol. The van der Waals surface area contributed by atoms with Crippen LogP contribution in [-0.2, 0) is 17.6 Å². The van der Waals surface area contributed by atoms with E-state index in [1.807, 2.05) is 37.3 Å². The quantitative estimate of drug-likeness (QED) is 0.876. The van der Waals surface area contributed by atoms with Gasteiger partial charge >= 0.3 is 0 Å². The molecule has 0 saturated carbocycles. The van der Waals surface area contributed by atoms with E-state index in [4.69, 9.17) is 16.3 Å². The normalized spacial score (nSPS) is 14.0. The number of carbonyl (C=O) groups excluding carboxylic acids is 1. The Labute approximate surface area is 146 Å². The van der Waals surface area contributed by atoms with Crippen molar-refractivity contribution in [1.29, 1.82) is 0 Å². The molecule has 0 bridgehead atoms. The van der Waals surface area contributed by atoms with E-state index in [0.717, 1.165) is 34.4 Å². The van der Waals surface area contributed by atoms with Crippen molar-refractivity contribution in [3.05, 3.63) is 63.7 Å². The molecular formula is C19H20ClNO3. The lowest BCUT2D eigenvalue weighted by molar-refractivity contribution is -0.120. The summed E-state index contributed by atoms with van der Waals surface area (Å²) in [6.07, 6.45) is 0.274. The number of ether oxygens (including phenoxy) is 1. The van der Waals surface area contributed by atoms with Gasteiger partial charge in [0.15, 0.2) is 0 Å². The van der Waals surface area contributed by atoms with Gasteiger partial charge in [0.2, 0.25) is 5.91 Å². The first-order valence-corrected chi connectivity index (χ1v) is 8.37. The highest BCUT2D eigenvalue weighted by molar-refractivity contribution is 6.30. The standard InChI is InChI=1S/C19H20ClNO3/c1-12-4-2-3-5-16(12)17(22)11-21-18(23)10-14-9-15(20)8-13-6-7-24-19(13)14/h2-5,8-9,17,22H,6-7,10-11H2,1H3,(H,21,23). The predicted octanol–water partition coefficient (Wildman–Crippen LogP) is 2.98. The van der Waals surface area contributed by atoms with Crippen molar-refractivity contribution in [2.24, 2.45) is 0 Å². The maximum Gasteiger partial charge on any atom is 0.224 e. The van der Waals surface area contributed by atoms with Crippen LogP contribution in [0.2, 0.25) is 5.02 Å². The Hall–Kier alpha value is -2.04. The zero-order valence-electron chi connectivity index (χ0n) is 13.5. The Morgan fingerprint density at radius 1 is 1.38 bits per heavy atom. The first-order valence-electron chi connectivity index (χ1n) is 7.99. The van der Waals surface area contributed by atoms with Gasteiger partial charge in [-0.3, -0.25) is 4.79 Å². The van der Waals surface area contributed by atoms with Crippen LogP contribution in [0.4, 0.5) is 0 Å². The molecule has 3 rings (SSSR count). The molecule has 1 aliphatic heterocycles. The average molecular weight is 346 g/mol. The van der Waals surface area contributed by atoms with Gasteiger partial charge in [-0.15, -0.1) is 0 Å². The highest BCUT2D eigenvalue weighted by Gasteiger charge is 2.20. The number of carbonyl (C=O) groups is 1. The first-order chi connectivity index (χ1) is 11.5. The summed E-state index contributed by atoms with van der Waals surface area (Å²) in [4.78, 5) is 12.2. The summed E-state index contributed by atoms with van der Waals surface area (Å²) in [5.41, 5.74) is 3.66. The molecule has 0 saturated heterocycles. The molecule has 1 unspecified atom stereocenters. The van der Waals surface area contributed by atoms with Crippen molar-refractivity contribution in [2.75, 3.05) is 13.2 Å². The number of nitrogens with one attached hydrogen (secondary N) is 1. The third kappa shape index (κ3) is 3.71. The molecule has 1 amide bonds. The van der Waals surface area contributed by atoms with E-state index in [0.29, 0.717) is 11.6 Å². The third-order valence-electron chi connectivity index (χ3n) is 4.22. The van der Waals surface area contributed by atoms with Gasteiger partial charge in [-0.1, -0.05) is 35.9 Å². The van der Waals surface area contributed by atoms with Gasteiger partial charge in [-0.2, -0.15) is 0 Å². The molecule has 0 aromatic heterocycles. The fourth-order valence-corrected chi connectivity index (χ4v) is 3.26. The number of aryl methyl sites for hydroxylation is 1. The van der Waals surface area contributed by atoms with Gasteiger partial charge < -0.3 is 15.2 Å². The molecule has 126 valence electrons. The van der Waals surface area contributed by atoms with Crippen LogP contribution in [0.3, 0.4) is 0 Å². The second-order valence-corrected chi connectivity index (χ2v) is 6.44. The van der Waals surface area contributed by atoms with E-state index in [2.05, 4.69) is 5.32 Å². The van der Waals surface area contributed by atoms with E-state index < -0.39 is 6.10 Å². The van der Waals surface area contributed by atoms with E-state index >= 15 is 0 Å². The fraction of sp³-hybridized carbons (Fsp3) is 0.316. The third-order valence-corrected chi connectivity index (χ3v) is 4.43. The number of hydrogen-bond donors (Lipinski definition) is 2. The summed E-state index contributed by atoms with van der Waals surface area (Å²) in [5.74, 6) is 0.608. The van der Waals surface area contributed by atoms with Crippen LogP contribution in [0.1, 0.15) is 28.4 Å². The number of rotatable bonds is 5. The Morgan fingerprint density at radius 2 is 2.17 bits per heavy atom. The Kier molecular flexibility index (Phi) is 5.07. The van der Waals surface area contributed by atoms with Crippen molar-refractivity contribution in [2.45, 2.75) is 25.9 Å². The first kappa shape index (κ1) is 16.8. The molecule has 2 aromatic carbocycles. The summed E-state index contributed by atoms with van der Waals surface area (Å²) in [6.45, 7) is 2.73. The number of fused-ring (bicyclic) bond motifs is 1. The minimum Gasteiger partial charge on any atom is -0.493 e. The number of aliphatic hydroxyl groups excluding tert-OH is 1. The molecule has 1 atom stereocenters. The molecule has 0 fully saturated rings. The van der Waals surface area contributed by atoms with Gasteiger partial charge in [0, 0.05) is 23.6 Å². The number of amides is 1. The number of hydrogen-bond acceptors (Lipinski definition) is 3. The Bertz CT molecular complexity index is 760. The molecule has 0 aliphatic carbocycles. The molecule has 0 spiro atoms. The molecule has 4 nitrogen and oxygen atoms in total. The average Bonchev–Trinajstić information content (AvgIpc) is 3.01. The van der Waals surface area contributed by atoms with Gasteiger partial charge in [-0.25, -0.2) is 0 Å². The van der Waals surface area contributed by atoms with Gasteiger partial charge in [0.05, 0.1) is 19.1 Å². The molecule has 1 aliphatic rings. The van der Waals surface area contributed by atoms with Crippen molar-refractivity contribution < 1.29 is 14.6 Å². The van der Waals surface area contributed by atoms with E-state index in [-0.39, 0.29) is 18.9 Å². The van der Waals surface area contributed by atoms with E-state index in [1.165, 1.54) is 0 Å². The molecule has 5 heteroatoms. The minimum absolute atomic E-state index is 0.164. The van der Waals surface area contributed by atoms with Crippen LogP contribution in [0, 0.1) is 6.92 Å². The maximum atomic E-state index is 12.2. The predicted molar refractivity (Wildman–Crippen MR) is 93.5 cm³/mol. The summed E-state index contributed by atoms with van der Waals surface area (Å²) < 4.78 is 5.61. The van der Waals surface area contributed by atoms with Crippen molar-refractivity contribution in [3.63, 3.8) is 0 Å². The van der Waals surface area contributed by atoms with Crippen LogP contribution >= 0.6 is 11.6 Å². The second-order valence-electron chi connectivity index (χ2n) is 6.00. The maximum absolute atomic E-state index is 12.2. The Morgan fingerprint density at radius 3 is 2.96 bits per heavy atom. The SMILES string of the molecule is Cc1ccccc1C(O)CNC(=O)Cc1cc(Cl)cc2c1OCC2. The van der Waals surface area contributed by atoms with Crippen LogP contribution in [-0.4, -0.2) is 24.2 Å². The lowest BCUT2D eigenvalue weighted by atomic mass is 10.0. The summed E-state index contributed by atoms with van der Waals surface area (Å²) in [6, 6.07) is 11.2. The second kappa shape index (κ2) is 7.24. The van der Waals surface area contributed by atoms with E-state index in [9.17, 15) is 9.90 Å². The highest BCUT2D eigenvalue weighted by Crippen LogP contribution is 2.33. The summed E-state index contributed by atoms with van der Waals surface area (Å²) in [5, 5.41) is 13.6. The zero-order chi connectivity index (χ0) is 17.1. The fourth-order valence-electron chi connectivity index (χ4n) is 2.99. The smallest absolute Gasteiger partial charge is 0.224 e. The van der Waals surface area contributed by atoms with Crippen LogP contribution in [0.25, 0.3) is 0 Å². The van der Waals surface area contributed by atoms with Crippen LogP contribution in [0.5, 0.6) is 5.75 Å². The summed E-state index contributed by atoms with van der Waals surface area (Å²) in [7, 11) is 0. The van der Waals surface area contributed by atoms with E-state index in [1.54, 1.807) is 6.07 Å². The molecule has 24 heavy (non-hydrogen) atoms. The number of aliphatic hydroxyl groups is 1. The molecule has 2 N–H and O–H groups in total. The topological polar surface area (TPSA) is 58.6 Å². The van der Waals surface area contributed by atoms with Crippen LogP contribution < -0.4 is 10.1 Å². The lowest BCUT2D eigenvalue weighted by Crippen LogP contribution is -2.30. The highest BCUT2D eigenvalue weighted by atomic mass is 35.5. The molecule has 0 radical (unpaired) electrons. The molecule has 1 heterocycles. The number of benzene rings is 2. The largest absolute Gasteiger partial charge is 0.493 e. The number of halogens is 1.